The van der Waals surface area contributed by atoms with E-state index in [4.69, 9.17) is 10.6 Å². The molecule has 0 amide bonds. The number of rotatable bonds is 3. The van der Waals surface area contributed by atoms with Crippen molar-refractivity contribution < 1.29 is 4.84 Å². The minimum atomic E-state index is 0.448. The Morgan fingerprint density at radius 2 is 2.41 bits per heavy atom. The Balaban J connectivity index is 2.09. The topological polar surface area (TPSA) is 52.5 Å². The summed E-state index contributed by atoms with van der Waals surface area (Å²) in [5, 5.41) is 6.35. The third-order valence-electron chi connectivity index (χ3n) is 2.75. The van der Waals surface area contributed by atoms with Gasteiger partial charge in [-0.2, -0.15) is 0 Å². The van der Waals surface area contributed by atoms with Crippen LogP contribution in [0.25, 0.3) is 5.69 Å². The Labute approximate surface area is 103 Å². The fourth-order valence-electron chi connectivity index (χ4n) is 2.04. The van der Waals surface area contributed by atoms with Crippen LogP contribution in [0.5, 0.6) is 0 Å². The molecular weight excluding hydrogens is 234 g/mol. The highest BCUT2D eigenvalue weighted by Gasteiger charge is 2.28. The summed E-state index contributed by atoms with van der Waals surface area (Å²) in [5.74, 6) is 0. The molecule has 3 rings (SSSR count). The highest BCUT2D eigenvalue weighted by Crippen LogP contribution is 2.35. The molecule has 88 valence electrons. The van der Waals surface area contributed by atoms with Crippen LogP contribution in [0, 0.1) is 6.92 Å². The second kappa shape index (κ2) is 4.01. The average Bonchev–Trinajstić information content (AvgIpc) is 2.95. The molecule has 1 aliphatic rings. The van der Waals surface area contributed by atoms with Crippen LogP contribution in [0.3, 0.4) is 0 Å². The van der Waals surface area contributed by atoms with Crippen LogP contribution >= 0.6 is 11.3 Å². The van der Waals surface area contributed by atoms with Gasteiger partial charge < -0.3 is 15.1 Å². The van der Waals surface area contributed by atoms with Crippen molar-refractivity contribution >= 4 is 17.0 Å². The van der Waals surface area contributed by atoms with Gasteiger partial charge in [-0.25, -0.2) is 0 Å². The number of hydrogen-bond donors (Lipinski definition) is 1. The van der Waals surface area contributed by atoms with Gasteiger partial charge in [0.15, 0.2) is 0 Å². The largest absolute Gasteiger partial charge is 0.394 e. The summed E-state index contributed by atoms with van der Waals surface area (Å²) in [6, 6.07) is 4.07. The number of aromatic nitrogens is 1. The molecule has 0 unspecified atom stereocenters. The summed E-state index contributed by atoms with van der Waals surface area (Å²) in [6.45, 7) is 3.04. The van der Waals surface area contributed by atoms with Crippen LogP contribution in [0.15, 0.2) is 28.9 Å². The van der Waals surface area contributed by atoms with E-state index >= 15 is 0 Å². The van der Waals surface area contributed by atoms with Crippen LogP contribution in [0.2, 0.25) is 0 Å². The Bertz CT molecular complexity index is 582. The quantitative estimate of drug-likeness (QED) is 0.567. The summed E-state index contributed by atoms with van der Waals surface area (Å²) in [5.41, 5.74) is 9.89. The zero-order valence-electron chi connectivity index (χ0n) is 9.51. The molecule has 2 N–H and O–H groups in total. The molecular formula is C12H13N3OS. The van der Waals surface area contributed by atoms with Crippen LogP contribution in [-0.2, 0) is 4.84 Å². The van der Waals surface area contributed by atoms with Crippen molar-refractivity contribution in [3.63, 3.8) is 0 Å². The molecule has 5 heteroatoms. The summed E-state index contributed by atoms with van der Waals surface area (Å²) in [7, 11) is 0. The minimum Gasteiger partial charge on any atom is -0.394 e. The van der Waals surface area contributed by atoms with E-state index < -0.39 is 0 Å². The van der Waals surface area contributed by atoms with E-state index in [1.54, 1.807) is 11.3 Å². The van der Waals surface area contributed by atoms with Crippen LogP contribution < -0.4 is 5.73 Å². The van der Waals surface area contributed by atoms with E-state index in [0.717, 1.165) is 11.4 Å². The number of oxime groups is 1. The standard InChI is InChI=1S/C12H13N3OS/c1-8-7-17-12-10(14-16-6-4-13)9-3-2-5-15(9)11(8)12/h2-3,5,7H,4,6,13H2,1H3/b14-10+. The monoisotopic (exact) mass is 247 g/mol. The molecule has 0 saturated carbocycles. The second-order valence-electron chi connectivity index (χ2n) is 3.92. The van der Waals surface area contributed by atoms with Gasteiger partial charge >= 0.3 is 0 Å². The average molecular weight is 247 g/mol. The Morgan fingerprint density at radius 3 is 3.24 bits per heavy atom. The molecule has 0 atom stereocenters. The van der Waals surface area contributed by atoms with Gasteiger partial charge in [0.1, 0.15) is 12.3 Å². The molecule has 17 heavy (non-hydrogen) atoms. The molecule has 3 heterocycles. The third-order valence-corrected chi connectivity index (χ3v) is 3.85. The highest BCUT2D eigenvalue weighted by atomic mass is 32.1. The first-order valence-corrected chi connectivity index (χ1v) is 6.37. The van der Waals surface area contributed by atoms with E-state index in [1.807, 2.05) is 6.07 Å². The van der Waals surface area contributed by atoms with Gasteiger partial charge in [-0.05, 0) is 30.0 Å². The lowest BCUT2D eigenvalue weighted by Crippen LogP contribution is -2.07. The van der Waals surface area contributed by atoms with E-state index in [-0.39, 0.29) is 0 Å². The zero-order chi connectivity index (χ0) is 11.8. The highest BCUT2D eigenvalue weighted by molar-refractivity contribution is 7.13. The molecule has 0 bridgehead atoms. The first-order chi connectivity index (χ1) is 8.33. The predicted molar refractivity (Wildman–Crippen MR) is 69.0 cm³/mol. The summed E-state index contributed by atoms with van der Waals surface area (Å²) in [4.78, 5) is 6.39. The first-order valence-electron chi connectivity index (χ1n) is 5.49. The summed E-state index contributed by atoms with van der Waals surface area (Å²) < 4.78 is 2.16. The lowest BCUT2D eigenvalue weighted by Gasteiger charge is -1.99. The lowest BCUT2D eigenvalue weighted by atomic mass is 10.2. The van der Waals surface area contributed by atoms with E-state index in [9.17, 15) is 0 Å². The van der Waals surface area contributed by atoms with E-state index in [2.05, 4.69) is 34.3 Å². The summed E-state index contributed by atoms with van der Waals surface area (Å²) >= 11 is 1.70. The molecule has 0 radical (unpaired) electrons. The molecule has 0 saturated heterocycles. The molecule has 4 nitrogen and oxygen atoms in total. The number of hydrogen-bond acceptors (Lipinski definition) is 4. The number of thiophene rings is 1. The van der Waals surface area contributed by atoms with Crippen molar-refractivity contribution in [1.29, 1.82) is 0 Å². The SMILES string of the molecule is Cc1csc2c1-n1cccc1/C2=N\OCCN. The van der Waals surface area contributed by atoms with Crippen molar-refractivity contribution in [2.45, 2.75) is 6.92 Å². The fourth-order valence-corrected chi connectivity index (χ4v) is 3.07. The summed E-state index contributed by atoms with van der Waals surface area (Å²) in [6.07, 6.45) is 2.05. The van der Waals surface area contributed by atoms with Crippen molar-refractivity contribution in [3.05, 3.63) is 39.8 Å². The maximum atomic E-state index is 5.39. The van der Waals surface area contributed by atoms with Gasteiger partial charge in [0.05, 0.1) is 16.3 Å². The van der Waals surface area contributed by atoms with Gasteiger partial charge in [0.25, 0.3) is 0 Å². The molecule has 2 aromatic rings. The first kappa shape index (κ1) is 10.6. The molecule has 0 spiro atoms. The molecule has 0 aliphatic carbocycles. The molecule has 0 aromatic carbocycles. The van der Waals surface area contributed by atoms with Gasteiger partial charge in [-0.1, -0.05) is 5.16 Å². The maximum absolute atomic E-state index is 5.39. The van der Waals surface area contributed by atoms with Crippen LogP contribution in [0.4, 0.5) is 0 Å². The van der Waals surface area contributed by atoms with Gasteiger partial charge in [-0.15, -0.1) is 11.3 Å². The Morgan fingerprint density at radius 1 is 1.53 bits per heavy atom. The smallest absolute Gasteiger partial charge is 0.146 e. The van der Waals surface area contributed by atoms with Crippen molar-refractivity contribution in [3.8, 4) is 5.69 Å². The number of nitrogens with zero attached hydrogens (tertiary/aromatic N) is 2. The number of aryl methyl sites for hydroxylation is 1. The van der Waals surface area contributed by atoms with Crippen molar-refractivity contribution in [1.82, 2.24) is 4.57 Å². The Kier molecular flexibility index (Phi) is 2.49. The van der Waals surface area contributed by atoms with Gasteiger partial charge in [0.2, 0.25) is 0 Å². The fraction of sp³-hybridized carbons (Fsp3) is 0.250. The maximum Gasteiger partial charge on any atom is 0.146 e. The van der Waals surface area contributed by atoms with Crippen molar-refractivity contribution in [2.24, 2.45) is 10.9 Å². The van der Waals surface area contributed by atoms with E-state index in [1.165, 1.54) is 16.1 Å². The second-order valence-corrected chi connectivity index (χ2v) is 4.80. The Hall–Kier alpha value is -1.59. The molecule has 1 aliphatic heterocycles. The van der Waals surface area contributed by atoms with Crippen LogP contribution in [0.1, 0.15) is 16.1 Å². The number of nitrogens with two attached hydrogens (primary N) is 1. The normalized spacial score (nSPS) is 15.1. The lowest BCUT2D eigenvalue weighted by molar-refractivity contribution is 0.152. The van der Waals surface area contributed by atoms with Gasteiger partial charge in [-0.3, -0.25) is 0 Å². The molecule has 2 aromatic heterocycles. The zero-order valence-corrected chi connectivity index (χ0v) is 10.3. The van der Waals surface area contributed by atoms with Crippen molar-refractivity contribution in [2.75, 3.05) is 13.2 Å². The number of fused-ring (bicyclic) bond motifs is 3. The minimum absolute atomic E-state index is 0.448. The van der Waals surface area contributed by atoms with E-state index in [0.29, 0.717) is 13.2 Å². The van der Waals surface area contributed by atoms with Crippen LogP contribution in [-0.4, -0.2) is 23.4 Å². The molecule has 0 fully saturated rings. The predicted octanol–water partition coefficient (Wildman–Crippen LogP) is 1.89. The van der Waals surface area contributed by atoms with Gasteiger partial charge in [0, 0.05) is 12.7 Å². The third kappa shape index (κ3) is 1.50.